The molecule has 0 N–H and O–H groups in total. The van der Waals surface area contributed by atoms with Gasteiger partial charge in [0, 0.05) is 14.1 Å². The Bertz CT molecular complexity index is 844. The van der Waals surface area contributed by atoms with E-state index >= 15 is 0 Å². The number of nitrogens with zero attached hydrogens (tertiary/aromatic N) is 2. The molecule has 2 aromatic rings. The molecule has 0 saturated carbocycles. The van der Waals surface area contributed by atoms with Crippen LogP contribution in [0.1, 0.15) is 12.5 Å². The molecule has 0 unspecified atom stereocenters. The molecule has 0 aromatic heterocycles. The highest BCUT2D eigenvalue weighted by Gasteiger charge is 2.27. The second kappa shape index (κ2) is 8.23. The van der Waals surface area contributed by atoms with Gasteiger partial charge in [-0.05, 0) is 50.2 Å². The van der Waals surface area contributed by atoms with Crippen molar-refractivity contribution in [1.29, 1.82) is 0 Å². The molecule has 2 rings (SSSR count). The van der Waals surface area contributed by atoms with E-state index in [1.54, 1.807) is 38.4 Å². The van der Waals surface area contributed by atoms with Crippen molar-refractivity contribution in [3.05, 3.63) is 54.1 Å². The van der Waals surface area contributed by atoms with Crippen molar-refractivity contribution in [2.45, 2.75) is 18.7 Å². The summed E-state index contributed by atoms with van der Waals surface area (Å²) >= 11 is 0. The standard InChI is InChI=1S/C19H24N2O4S/c1-5-25-17-10-12-18(13-11-17)26(23,24)21(14-19(22)20(3)4)16-8-6-15(2)7-9-16/h6-13H,5,14H2,1-4H3. The first-order chi connectivity index (χ1) is 12.3. The minimum absolute atomic E-state index is 0.105. The Morgan fingerprint density at radius 3 is 2.08 bits per heavy atom. The van der Waals surface area contributed by atoms with Crippen molar-refractivity contribution in [2.75, 3.05) is 31.6 Å². The molecule has 0 aliphatic heterocycles. The van der Waals surface area contributed by atoms with E-state index in [1.807, 2.05) is 26.0 Å². The van der Waals surface area contributed by atoms with Crippen LogP contribution in [-0.4, -0.2) is 46.5 Å². The summed E-state index contributed by atoms with van der Waals surface area (Å²) in [4.78, 5) is 13.7. The van der Waals surface area contributed by atoms with E-state index in [1.165, 1.54) is 17.0 Å². The van der Waals surface area contributed by atoms with Crippen molar-refractivity contribution in [1.82, 2.24) is 4.90 Å². The van der Waals surface area contributed by atoms with E-state index in [2.05, 4.69) is 0 Å². The molecule has 7 heteroatoms. The molecule has 0 fully saturated rings. The summed E-state index contributed by atoms with van der Waals surface area (Å²) in [6.07, 6.45) is 0. The van der Waals surface area contributed by atoms with Gasteiger partial charge in [0.2, 0.25) is 5.91 Å². The number of hydrogen-bond donors (Lipinski definition) is 0. The Kier molecular flexibility index (Phi) is 6.26. The molecule has 0 saturated heterocycles. The van der Waals surface area contributed by atoms with Crippen molar-refractivity contribution < 1.29 is 17.9 Å². The second-order valence-electron chi connectivity index (χ2n) is 6.04. The van der Waals surface area contributed by atoms with E-state index in [0.29, 0.717) is 18.0 Å². The Morgan fingerprint density at radius 1 is 1.00 bits per heavy atom. The summed E-state index contributed by atoms with van der Waals surface area (Å²) in [5.41, 5.74) is 1.45. The average molecular weight is 376 g/mol. The first-order valence-electron chi connectivity index (χ1n) is 8.28. The highest BCUT2D eigenvalue weighted by molar-refractivity contribution is 7.92. The van der Waals surface area contributed by atoms with E-state index in [9.17, 15) is 13.2 Å². The van der Waals surface area contributed by atoms with Gasteiger partial charge in [0.15, 0.2) is 0 Å². The number of anilines is 1. The maximum Gasteiger partial charge on any atom is 0.264 e. The fraction of sp³-hybridized carbons (Fsp3) is 0.316. The van der Waals surface area contributed by atoms with E-state index in [4.69, 9.17) is 4.74 Å². The van der Waals surface area contributed by atoms with E-state index in [0.717, 1.165) is 9.87 Å². The van der Waals surface area contributed by atoms with Crippen molar-refractivity contribution in [3.8, 4) is 5.75 Å². The number of aryl methyl sites for hydroxylation is 1. The number of benzene rings is 2. The van der Waals surface area contributed by atoms with Crippen molar-refractivity contribution >= 4 is 21.6 Å². The maximum atomic E-state index is 13.2. The molecule has 26 heavy (non-hydrogen) atoms. The second-order valence-corrected chi connectivity index (χ2v) is 7.90. The van der Waals surface area contributed by atoms with Crippen molar-refractivity contribution in [3.63, 3.8) is 0 Å². The molecule has 0 aliphatic carbocycles. The van der Waals surface area contributed by atoms with Crippen LogP contribution in [0.5, 0.6) is 5.75 Å². The smallest absolute Gasteiger partial charge is 0.264 e. The molecule has 0 bridgehead atoms. The third-order valence-corrected chi connectivity index (χ3v) is 5.61. The molecular weight excluding hydrogens is 352 g/mol. The van der Waals surface area contributed by atoms with Crippen LogP contribution >= 0.6 is 0 Å². The van der Waals surface area contributed by atoms with Crippen molar-refractivity contribution in [2.24, 2.45) is 0 Å². The lowest BCUT2D eigenvalue weighted by atomic mass is 10.2. The van der Waals surface area contributed by atoms with Gasteiger partial charge in [-0.2, -0.15) is 0 Å². The topological polar surface area (TPSA) is 66.9 Å². The average Bonchev–Trinajstić information content (AvgIpc) is 2.61. The van der Waals surface area contributed by atoms with Crippen LogP contribution in [0.4, 0.5) is 5.69 Å². The van der Waals surface area contributed by atoms with Crippen LogP contribution in [0.25, 0.3) is 0 Å². The predicted octanol–water partition coefficient (Wildman–Crippen LogP) is 2.68. The Balaban J connectivity index is 2.44. The SMILES string of the molecule is CCOc1ccc(S(=O)(=O)N(CC(=O)N(C)C)c2ccc(C)cc2)cc1. The zero-order valence-electron chi connectivity index (χ0n) is 15.5. The molecular formula is C19H24N2O4S. The van der Waals surface area contributed by atoms with E-state index in [-0.39, 0.29) is 17.3 Å². The first kappa shape index (κ1) is 19.8. The highest BCUT2D eigenvalue weighted by atomic mass is 32.2. The van der Waals surface area contributed by atoms with Crippen LogP contribution in [0, 0.1) is 6.92 Å². The zero-order chi connectivity index (χ0) is 19.3. The normalized spacial score (nSPS) is 11.1. The number of rotatable bonds is 7. The fourth-order valence-corrected chi connectivity index (χ4v) is 3.71. The molecule has 0 aliphatic rings. The number of hydrogen-bond acceptors (Lipinski definition) is 4. The van der Waals surface area contributed by atoms with Gasteiger partial charge in [-0.1, -0.05) is 17.7 Å². The summed E-state index contributed by atoms with van der Waals surface area (Å²) in [5.74, 6) is 0.290. The van der Waals surface area contributed by atoms with Gasteiger partial charge in [-0.25, -0.2) is 8.42 Å². The van der Waals surface area contributed by atoms with Crippen LogP contribution in [-0.2, 0) is 14.8 Å². The van der Waals surface area contributed by atoms with Gasteiger partial charge in [0.05, 0.1) is 17.2 Å². The summed E-state index contributed by atoms with van der Waals surface area (Å²) in [6.45, 7) is 4.00. The van der Waals surface area contributed by atoms with Crippen LogP contribution < -0.4 is 9.04 Å². The molecule has 0 heterocycles. The molecule has 140 valence electrons. The Morgan fingerprint density at radius 2 is 1.58 bits per heavy atom. The van der Waals surface area contributed by atoms with Crippen LogP contribution in [0.2, 0.25) is 0 Å². The monoisotopic (exact) mass is 376 g/mol. The van der Waals surface area contributed by atoms with Gasteiger partial charge in [0.25, 0.3) is 10.0 Å². The van der Waals surface area contributed by atoms with E-state index < -0.39 is 10.0 Å². The minimum atomic E-state index is -3.90. The first-order valence-corrected chi connectivity index (χ1v) is 9.72. The Labute approximate surface area is 155 Å². The summed E-state index contributed by atoms with van der Waals surface area (Å²) < 4.78 is 32.8. The zero-order valence-corrected chi connectivity index (χ0v) is 16.3. The highest BCUT2D eigenvalue weighted by Crippen LogP contribution is 2.25. The molecule has 0 atom stereocenters. The number of carbonyl (C=O) groups excluding carboxylic acids is 1. The van der Waals surface area contributed by atoms with Gasteiger partial charge in [-0.3, -0.25) is 9.10 Å². The number of likely N-dealkylation sites (N-methyl/N-ethyl adjacent to an activating group) is 1. The summed E-state index contributed by atoms with van der Waals surface area (Å²) in [5, 5.41) is 0. The third-order valence-electron chi connectivity index (χ3n) is 3.82. The van der Waals surface area contributed by atoms with Crippen LogP contribution in [0.15, 0.2) is 53.4 Å². The molecule has 0 radical (unpaired) electrons. The molecule has 2 aromatic carbocycles. The maximum absolute atomic E-state index is 13.2. The number of sulfonamides is 1. The van der Waals surface area contributed by atoms with Gasteiger partial charge in [0.1, 0.15) is 12.3 Å². The molecule has 6 nitrogen and oxygen atoms in total. The lowest BCUT2D eigenvalue weighted by Crippen LogP contribution is -2.40. The Hall–Kier alpha value is -2.54. The minimum Gasteiger partial charge on any atom is -0.494 e. The number of carbonyl (C=O) groups is 1. The quantitative estimate of drug-likeness (QED) is 0.745. The van der Waals surface area contributed by atoms with Gasteiger partial charge >= 0.3 is 0 Å². The van der Waals surface area contributed by atoms with Crippen LogP contribution in [0.3, 0.4) is 0 Å². The lowest BCUT2D eigenvalue weighted by Gasteiger charge is -2.25. The summed E-state index contributed by atoms with van der Waals surface area (Å²) in [7, 11) is -0.704. The molecule has 0 spiro atoms. The third kappa shape index (κ3) is 4.54. The van der Waals surface area contributed by atoms with Gasteiger partial charge in [-0.15, -0.1) is 0 Å². The fourth-order valence-electron chi connectivity index (χ4n) is 2.29. The lowest BCUT2D eigenvalue weighted by molar-refractivity contribution is -0.127. The number of amides is 1. The summed E-state index contributed by atoms with van der Waals surface area (Å²) in [6, 6.07) is 13.2. The number of ether oxygens (including phenoxy) is 1. The largest absolute Gasteiger partial charge is 0.494 e. The van der Waals surface area contributed by atoms with Gasteiger partial charge < -0.3 is 9.64 Å². The molecule has 1 amide bonds. The predicted molar refractivity (Wildman–Crippen MR) is 102 cm³/mol.